The number of aliphatic imine (C=N–C) groups is 1. The largest absolute Gasteiger partial charge is 0.481 e. The summed E-state index contributed by atoms with van der Waals surface area (Å²) in [6, 6.07) is -4.32. The highest BCUT2D eigenvalue weighted by Gasteiger charge is 2.20. The van der Waals surface area contributed by atoms with Crippen LogP contribution in [0.1, 0.15) is 32.1 Å². The summed E-state index contributed by atoms with van der Waals surface area (Å²) in [6.45, 7) is 0.218. The zero-order valence-electron chi connectivity index (χ0n) is 28.5. The van der Waals surface area contributed by atoms with E-state index in [-0.39, 0.29) is 30.8 Å². The average molecular weight is 799 g/mol. The second-order valence-electron chi connectivity index (χ2n) is 9.37. The highest BCUT2D eigenvalue weighted by molar-refractivity contribution is 7.80. The molecule has 0 aliphatic carbocycles. The fourth-order valence-corrected chi connectivity index (χ4v) is 2.13. The number of nitrogens with two attached hydrogens (primary N) is 8. The van der Waals surface area contributed by atoms with Crippen LogP contribution in [0.2, 0.25) is 0 Å². The Morgan fingerprint density at radius 2 is 1.08 bits per heavy atom. The van der Waals surface area contributed by atoms with Crippen molar-refractivity contribution in [2.75, 3.05) is 38.5 Å². The maximum atomic E-state index is 10.2. The van der Waals surface area contributed by atoms with E-state index in [9.17, 15) is 38.4 Å². The zero-order valence-corrected chi connectivity index (χ0v) is 29.4. The normalized spacial score (nSPS) is 14.1. The molecule has 0 amide bonds. The number of aliphatic hydroxyl groups is 1. The Labute approximate surface area is 307 Å². The summed E-state index contributed by atoms with van der Waals surface area (Å²) >= 11 is 3.65. The molecule has 1 aliphatic heterocycles. The number of carboxylic acids is 8. The smallest absolute Gasteiger partial charge is 0.322 e. The Morgan fingerprint density at radius 1 is 0.679 bits per heavy atom. The Balaban J connectivity index is -0.000000124. The van der Waals surface area contributed by atoms with Gasteiger partial charge in [0.05, 0.1) is 26.1 Å². The SMILES string of the molecule is NC(N)=NCCC[C@H](N)C(=O)O.NCC(=O)O.NCC(=O)O.N[C@@H](CC(=O)O)C(=O)O.N[C@@H](CO)C(=O)O.N[C@@H](CS)C(=O)O.O=C(O)[C@@H]1CCCN1. The predicted molar refractivity (Wildman–Crippen MR) is 188 cm³/mol. The molecule has 0 bridgehead atoms. The van der Waals surface area contributed by atoms with Gasteiger partial charge in [-0.1, -0.05) is 0 Å². The van der Waals surface area contributed by atoms with Crippen LogP contribution in [0.15, 0.2) is 4.99 Å². The fraction of sp³-hybridized carbons (Fsp3) is 0.640. The summed E-state index contributed by atoms with van der Waals surface area (Å²) in [5, 5.41) is 74.7. The number of nitrogens with zero attached hydrogens (tertiary/aromatic N) is 1. The molecule has 27 nitrogen and oxygen atoms in total. The van der Waals surface area contributed by atoms with Crippen molar-refractivity contribution in [1.82, 2.24) is 5.32 Å². The van der Waals surface area contributed by atoms with Gasteiger partial charge in [-0.05, 0) is 32.2 Å². The monoisotopic (exact) mass is 798 g/mol. The second kappa shape index (κ2) is 39.8. The zero-order chi connectivity index (χ0) is 43.3. The van der Waals surface area contributed by atoms with Crippen LogP contribution in [-0.4, -0.2) is 168 Å². The van der Waals surface area contributed by atoms with Gasteiger partial charge in [0.15, 0.2) is 5.96 Å². The van der Waals surface area contributed by atoms with E-state index in [0.29, 0.717) is 19.4 Å². The van der Waals surface area contributed by atoms with E-state index in [1.165, 1.54) is 0 Å². The Hall–Kier alpha value is -4.94. The van der Waals surface area contributed by atoms with Crippen LogP contribution >= 0.6 is 12.6 Å². The van der Waals surface area contributed by atoms with Crippen LogP contribution in [-0.2, 0) is 38.4 Å². The number of nitrogens with one attached hydrogen (secondary N) is 1. The first-order chi connectivity index (χ1) is 24.3. The highest BCUT2D eigenvalue weighted by atomic mass is 32.1. The third kappa shape index (κ3) is 56.7. The number of carbonyl (C=O) groups is 8. The average Bonchev–Trinajstić information content (AvgIpc) is 3.63. The fourth-order valence-electron chi connectivity index (χ4n) is 1.97. The van der Waals surface area contributed by atoms with Gasteiger partial charge in [0.1, 0.15) is 30.2 Å². The molecule has 1 fully saturated rings. The minimum atomic E-state index is -1.29. The van der Waals surface area contributed by atoms with Gasteiger partial charge in [-0.25, -0.2) is 0 Å². The van der Waals surface area contributed by atoms with E-state index in [1.807, 2.05) is 0 Å². The number of carboxylic acid groups (broad SMARTS) is 8. The molecule has 28 heteroatoms. The molecule has 0 aromatic rings. The van der Waals surface area contributed by atoms with Crippen molar-refractivity contribution in [2.24, 2.45) is 50.9 Å². The molecule has 1 aliphatic rings. The lowest BCUT2D eigenvalue weighted by Crippen LogP contribution is -2.33. The van der Waals surface area contributed by atoms with Crippen molar-refractivity contribution < 1.29 is 84.3 Å². The molecule has 312 valence electrons. The standard InChI is InChI=1S/C6H14N4O2.C5H9NO2.C4H7NO4.C3H7NO3.C3H7NO2S.2C2H5NO2/c7-4(5(11)12)2-1-3-10-6(8)9;7-5(8)4-2-1-3-6-4;5-2(4(8)9)1-3(6)7;4-2(1-5)3(6)7;4-2(1-7)3(5)6;2*3-1-2(4)5/h4H,1-3,7H2,(H,11,12)(H4,8,9,10);4,6H,1-3H2,(H,7,8);2H,1,5H2,(H,6,7)(H,8,9);2,5H,1,4H2,(H,6,7);2,7H,1,4H2,(H,5,6);2*1,3H2,(H,4,5)/t2*4-;3*2-;;/m00000../s1. The molecule has 26 N–H and O–H groups in total. The van der Waals surface area contributed by atoms with Gasteiger partial charge in [0.2, 0.25) is 0 Å². The summed E-state index contributed by atoms with van der Waals surface area (Å²) in [5.41, 5.74) is 39.0. The first-order valence-corrected chi connectivity index (χ1v) is 15.1. The number of hydrogen-bond donors (Lipinski definition) is 19. The summed E-state index contributed by atoms with van der Waals surface area (Å²) in [4.78, 5) is 81.5. The molecule has 0 saturated carbocycles. The quantitative estimate of drug-likeness (QED) is 0.0317. The third-order valence-corrected chi connectivity index (χ3v) is 5.13. The van der Waals surface area contributed by atoms with Gasteiger partial charge in [-0.2, -0.15) is 12.6 Å². The summed E-state index contributed by atoms with van der Waals surface area (Å²) in [5.74, 6) is -8.13. The van der Waals surface area contributed by atoms with Crippen LogP contribution in [0.4, 0.5) is 0 Å². The minimum absolute atomic E-state index is 0.0129. The number of aliphatic carboxylic acids is 8. The van der Waals surface area contributed by atoms with Crippen molar-refractivity contribution in [3.8, 4) is 0 Å². The van der Waals surface area contributed by atoms with E-state index in [4.69, 9.17) is 80.4 Å². The lowest BCUT2D eigenvalue weighted by molar-refractivity contribution is -0.144. The van der Waals surface area contributed by atoms with E-state index < -0.39 is 84.9 Å². The summed E-state index contributed by atoms with van der Waals surface area (Å²) < 4.78 is 0. The first kappa shape index (κ1) is 60.2. The van der Waals surface area contributed by atoms with Gasteiger partial charge in [-0.3, -0.25) is 43.3 Å². The Bertz CT molecular complexity index is 1060. The molecule has 0 unspecified atom stereocenters. The third-order valence-electron chi connectivity index (χ3n) is 4.73. The molecule has 0 spiro atoms. The number of hydrogen-bond acceptors (Lipinski definition) is 18. The maximum Gasteiger partial charge on any atom is 0.322 e. The van der Waals surface area contributed by atoms with Crippen LogP contribution in [0, 0.1) is 0 Å². The van der Waals surface area contributed by atoms with Crippen molar-refractivity contribution in [3.63, 3.8) is 0 Å². The maximum absolute atomic E-state index is 10.2. The molecular formula is C25H54N10O17S. The number of rotatable bonds is 15. The number of guanidine groups is 1. The van der Waals surface area contributed by atoms with Crippen molar-refractivity contribution >= 4 is 66.3 Å². The van der Waals surface area contributed by atoms with Gasteiger partial charge in [0.25, 0.3) is 0 Å². The molecule has 1 saturated heterocycles. The van der Waals surface area contributed by atoms with Crippen LogP contribution < -0.4 is 51.2 Å². The van der Waals surface area contributed by atoms with Gasteiger partial charge in [0, 0.05) is 12.3 Å². The van der Waals surface area contributed by atoms with Gasteiger partial charge in [-0.15, -0.1) is 0 Å². The lowest BCUT2D eigenvalue weighted by Gasteiger charge is -2.03. The molecule has 53 heavy (non-hydrogen) atoms. The lowest BCUT2D eigenvalue weighted by atomic mass is 10.2. The Morgan fingerprint density at radius 3 is 1.23 bits per heavy atom. The van der Waals surface area contributed by atoms with E-state index in [2.05, 4.69) is 34.4 Å². The van der Waals surface area contributed by atoms with Crippen molar-refractivity contribution in [3.05, 3.63) is 0 Å². The van der Waals surface area contributed by atoms with Gasteiger partial charge < -0.3 is 97.1 Å². The van der Waals surface area contributed by atoms with E-state index in [1.54, 1.807) is 0 Å². The molecule has 5 atom stereocenters. The summed E-state index contributed by atoms with van der Waals surface area (Å²) in [7, 11) is 0. The Kier molecular flexibility index (Phi) is 45.2. The van der Waals surface area contributed by atoms with Gasteiger partial charge >= 0.3 is 47.8 Å². The molecule has 0 radical (unpaired) electrons. The number of thiol groups is 1. The topological polar surface area (TPSA) is 551 Å². The number of aliphatic hydroxyl groups excluding tert-OH is 1. The van der Waals surface area contributed by atoms with E-state index >= 15 is 0 Å². The highest BCUT2D eigenvalue weighted by Crippen LogP contribution is 2.03. The van der Waals surface area contributed by atoms with Crippen molar-refractivity contribution in [2.45, 2.75) is 62.3 Å². The van der Waals surface area contributed by atoms with Crippen LogP contribution in [0.25, 0.3) is 0 Å². The summed E-state index contributed by atoms with van der Waals surface area (Å²) in [6.07, 6.45) is 2.21. The first-order valence-electron chi connectivity index (χ1n) is 14.5. The molecule has 0 aromatic carbocycles. The van der Waals surface area contributed by atoms with Crippen LogP contribution in [0.5, 0.6) is 0 Å². The predicted octanol–water partition coefficient (Wildman–Crippen LogP) is -7.07. The molecule has 1 rings (SSSR count). The molecule has 0 aromatic heterocycles. The van der Waals surface area contributed by atoms with Crippen molar-refractivity contribution in [1.29, 1.82) is 0 Å². The minimum Gasteiger partial charge on any atom is -0.481 e. The van der Waals surface area contributed by atoms with E-state index in [0.717, 1.165) is 19.4 Å². The van der Waals surface area contributed by atoms with Crippen LogP contribution in [0.3, 0.4) is 0 Å². The second-order valence-corrected chi connectivity index (χ2v) is 9.74. The molecule has 1 heterocycles. The molecular weight excluding hydrogens is 744 g/mol.